The second-order valence-electron chi connectivity index (χ2n) is 8.72. The fourth-order valence-corrected chi connectivity index (χ4v) is 5.33. The largest absolute Gasteiger partial charge is 0.489 e. The van der Waals surface area contributed by atoms with Gasteiger partial charge in [-0.05, 0) is 56.0 Å². The number of aliphatic imine (C=N–C) groups is 1. The van der Waals surface area contributed by atoms with Crippen LogP contribution in [0.1, 0.15) is 31.4 Å². The topological polar surface area (TPSA) is 90.0 Å². The van der Waals surface area contributed by atoms with Crippen molar-refractivity contribution in [2.24, 2.45) is 4.99 Å². The Hall–Kier alpha value is -3.23. The number of morpholine rings is 1. The van der Waals surface area contributed by atoms with Gasteiger partial charge >= 0.3 is 6.03 Å². The van der Waals surface area contributed by atoms with E-state index in [-0.39, 0.29) is 12.1 Å². The third kappa shape index (κ3) is 4.56. The molecule has 2 amide bonds. The van der Waals surface area contributed by atoms with E-state index in [0.717, 1.165) is 45.1 Å². The molecule has 1 fully saturated rings. The first kappa shape index (κ1) is 22.6. The second-order valence-corrected chi connectivity index (χ2v) is 9.75. The minimum atomic E-state index is -0.167. The van der Waals surface area contributed by atoms with Crippen LogP contribution in [0.25, 0.3) is 21.0 Å². The van der Waals surface area contributed by atoms with Gasteiger partial charge in [-0.15, -0.1) is 11.3 Å². The van der Waals surface area contributed by atoms with Crippen molar-refractivity contribution in [3.63, 3.8) is 0 Å². The first-order valence-electron chi connectivity index (χ1n) is 11.6. The van der Waals surface area contributed by atoms with E-state index in [1.807, 2.05) is 44.3 Å². The fraction of sp³-hybridized carbons (Fsp3) is 0.346. The molecule has 1 aromatic heterocycles. The zero-order chi connectivity index (χ0) is 23.7. The van der Waals surface area contributed by atoms with Gasteiger partial charge in [0.15, 0.2) is 0 Å². The van der Waals surface area contributed by atoms with Gasteiger partial charge in [-0.25, -0.2) is 9.78 Å². The zero-order valence-electron chi connectivity index (χ0n) is 19.4. The van der Waals surface area contributed by atoms with Crippen LogP contribution in [0.4, 0.5) is 10.5 Å². The number of carbonyl (C=O) groups excluding carboxylic acids is 1. The van der Waals surface area contributed by atoms with Gasteiger partial charge in [0.25, 0.3) is 0 Å². The van der Waals surface area contributed by atoms with Crippen molar-refractivity contribution in [1.29, 1.82) is 0 Å². The van der Waals surface area contributed by atoms with Crippen molar-refractivity contribution in [1.82, 2.24) is 9.88 Å². The van der Waals surface area contributed by atoms with E-state index in [4.69, 9.17) is 15.2 Å². The third-order valence-electron chi connectivity index (χ3n) is 6.00. The van der Waals surface area contributed by atoms with Crippen molar-refractivity contribution >= 4 is 28.8 Å². The average molecular weight is 477 g/mol. The number of fused-ring (bicyclic) bond motifs is 1. The molecule has 0 radical (unpaired) electrons. The lowest BCUT2D eigenvalue weighted by atomic mass is 10.0. The standard InChI is InChI=1S/C26H28N4O3S/c1-16(2)33-23-9-6-17(14-21(23)27)25-28-15-24(34-25)20-5-3-4-19-18(20)7-8-22(19)29-26(31)30-10-12-32-13-11-30/h3-6,9,14-16H,7-8,10-13,27H2,1-2H3/b29-22-. The molecule has 34 heavy (non-hydrogen) atoms. The minimum Gasteiger partial charge on any atom is -0.489 e. The molecule has 2 heterocycles. The first-order chi connectivity index (χ1) is 16.5. The number of nitrogens with two attached hydrogens (primary N) is 1. The molecule has 0 unspecified atom stereocenters. The third-order valence-corrected chi connectivity index (χ3v) is 7.08. The number of hydrogen-bond donors (Lipinski definition) is 1. The van der Waals surface area contributed by atoms with Crippen molar-refractivity contribution < 1.29 is 14.3 Å². The van der Waals surface area contributed by atoms with Crippen molar-refractivity contribution in [2.45, 2.75) is 32.8 Å². The number of thiazole rings is 1. The van der Waals surface area contributed by atoms with Crippen LogP contribution < -0.4 is 10.5 Å². The Morgan fingerprint density at radius 3 is 2.74 bits per heavy atom. The minimum absolute atomic E-state index is 0.0670. The lowest BCUT2D eigenvalue weighted by molar-refractivity contribution is 0.0555. The number of ether oxygens (including phenoxy) is 2. The number of nitrogen functional groups attached to an aromatic ring is 1. The number of rotatable bonds is 4. The maximum atomic E-state index is 12.6. The normalized spacial score (nSPS) is 16.8. The molecular formula is C26H28N4O3S. The molecule has 2 aliphatic rings. The smallest absolute Gasteiger partial charge is 0.343 e. The molecule has 1 aliphatic carbocycles. The van der Waals surface area contributed by atoms with Gasteiger partial charge in [-0.3, -0.25) is 0 Å². The molecule has 2 N–H and O–H groups in total. The summed E-state index contributed by atoms with van der Waals surface area (Å²) in [5.41, 5.74) is 12.1. The molecule has 176 valence electrons. The van der Waals surface area contributed by atoms with Crippen LogP contribution in [0.2, 0.25) is 0 Å². The Kier molecular flexibility index (Phi) is 6.34. The van der Waals surface area contributed by atoms with Crippen LogP contribution in [0.15, 0.2) is 47.6 Å². The van der Waals surface area contributed by atoms with Crippen LogP contribution in [0.3, 0.4) is 0 Å². The van der Waals surface area contributed by atoms with Crippen molar-refractivity contribution in [3.8, 4) is 26.8 Å². The number of nitrogens with zero attached hydrogens (tertiary/aromatic N) is 3. The number of benzene rings is 2. The monoisotopic (exact) mass is 476 g/mol. The van der Waals surface area contributed by atoms with Gasteiger partial charge in [0.1, 0.15) is 10.8 Å². The lowest BCUT2D eigenvalue weighted by Gasteiger charge is -2.24. The lowest BCUT2D eigenvalue weighted by Crippen LogP contribution is -2.39. The first-order valence-corrected chi connectivity index (χ1v) is 12.4. The molecule has 0 saturated carbocycles. The van der Waals surface area contributed by atoms with Crippen molar-refractivity contribution in [2.75, 3.05) is 32.0 Å². The number of carbonyl (C=O) groups is 1. The highest BCUT2D eigenvalue weighted by molar-refractivity contribution is 7.18. The Labute approximate surface area is 203 Å². The number of urea groups is 1. The highest BCUT2D eigenvalue weighted by Crippen LogP contribution is 2.39. The molecule has 8 heteroatoms. The molecule has 3 aromatic rings. The summed E-state index contributed by atoms with van der Waals surface area (Å²) in [5, 5.41) is 0.907. The summed E-state index contributed by atoms with van der Waals surface area (Å²) in [6, 6.07) is 11.9. The number of amides is 2. The number of anilines is 1. The molecular weight excluding hydrogens is 448 g/mol. The molecule has 0 spiro atoms. The highest BCUT2D eigenvalue weighted by atomic mass is 32.1. The van der Waals surface area contributed by atoms with Gasteiger partial charge in [0.2, 0.25) is 0 Å². The maximum Gasteiger partial charge on any atom is 0.343 e. The summed E-state index contributed by atoms with van der Waals surface area (Å²) in [6.07, 6.45) is 3.61. The summed E-state index contributed by atoms with van der Waals surface area (Å²) < 4.78 is 11.1. The molecule has 2 aromatic carbocycles. The predicted octanol–water partition coefficient (Wildman–Crippen LogP) is 5.03. The van der Waals surface area contributed by atoms with E-state index in [1.54, 1.807) is 16.2 Å². The van der Waals surface area contributed by atoms with E-state index in [0.29, 0.717) is 37.7 Å². The van der Waals surface area contributed by atoms with Crippen LogP contribution in [-0.4, -0.2) is 54.0 Å². The summed E-state index contributed by atoms with van der Waals surface area (Å²) >= 11 is 1.63. The van der Waals surface area contributed by atoms with Crippen LogP contribution >= 0.6 is 11.3 Å². The summed E-state index contributed by atoms with van der Waals surface area (Å²) in [5.74, 6) is 0.690. The second kappa shape index (κ2) is 9.56. The maximum absolute atomic E-state index is 12.6. The molecule has 1 saturated heterocycles. The molecule has 5 rings (SSSR count). The van der Waals surface area contributed by atoms with E-state index in [2.05, 4.69) is 22.1 Å². The Balaban J connectivity index is 1.40. The van der Waals surface area contributed by atoms with Crippen LogP contribution in [0.5, 0.6) is 5.75 Å². The van der Waals surface area contributed by atoms with Gasteiger partial charge in [-0.1, -0.05) is 18.2 Å². The summed E-state index contributed by atoms with van der Waals surface area (Å²) in [4.78, 5) is 24.6. The van der Waals surface area contributed by atoms with Gasteiger partial charge in [-0.2, -0.15) is 4.99 Å². The summed E-state index contributed by atoms with van der Waals surface area (Å²) in [7, 11) is 0. The molecule has 0 atom stereocenters. The number of aromatic nitrogens is 1. The fourth-order valence-electron chi connectivity index (χ4n) is 4.37. The Bertz CT molecular complexity index is 1240. The summed E-state index contributed by atoms with van der Waals surface area (Å²) in [6.45, 7) is 6.30. The molecule has 0 bridgehead atoms. The molecule has 7 nitrogen and oxygen atoms in total. The highest BCUT2D eigenvalue weighted by Gasteiger charge is 2.24. The van der Waals surface area contributed by atoms with Gasteiger partial charge in [0, 0.05) is 30.4 Å². The van der Waals surface area contributed by atoms with Crippen LogP contribution in [0, 0.1) is 0 Å². The van der Waals surface area contributed by atoms with E-state index < -0.39 is 0 Å². The Morgan fingerprint density at radius 2 is 1.97 bits per heavy atom. The van der Waals surface area contributed by atoms with Crippen molar-refractivity contribution in [3.05, 3.63) is 53.7 Å². The zero-order valence-corrected chi connectivity index (χ0v) is 20.2. The molecule has 1 aliphatic heterocycles. The predicted molar refractivity (Wildman–Crippen MR) is 136 cm³/mol. The average Bonchev–Trinajstić information content (AvgIpc) is 3.48. The van der Waals surface area contributed by atoms with E-state index in [9.17, 15) is 4.79 Å². The Morgan fingerprint density at radius 1 is 1.18 bits per heavy atom. The van der Waals surface area contributed by atoms with Gasteiger partial charge < -0.3 is 20.1 Å². The van der Waals surface area contributed by atoms with Crippen LogP contribution in [-0.2, 0) is 11.2 Å². The van der Waals surface area contributed by atoms with E-state index in [1.165, 1.54) is 5.56 Å². The van der Waals surface area contributed by atoms with E-state index >= 15 is 0 Å². The van der Waals surface area contributed by atoms with Gasteiger partial charge in [0.05, 0.1) is 35.6 Å². The number of hydrogen-bond acceptors (Lipinski definition) is 6. The SMILES string of the molecule is CC(C)Oc1ccc(-c2ncc(-c3cccc4c3CC/C4=N/C(=O)N3CCOCC3)s2)cc1N. The quantitative estimate of drug-likeness (QED) is 0.533.